The molecule has 0 radical (unpaired) electrons. The number of benzene rings is 4. The zero-order valence-electron chi connectivity index (χ0n) is 35.3. The molecule has 0 saturated heterocycles. The van der Waals surface area contributed by atoms with E-state index in [0.717, 1.165) is 97.3 Å². The Morgan fingerprint density at radius 3 is 1.07 bits per heavy atom. The van der Waals surface area contributed by atoms with Crippen LogP contribution in [0, 0.1) is 22.7 Å². The monoisotopic (exact) mass is 814 g/mol. The molecule has 0 aliphatic rings. The highest BCUT2D eigenvalue weighted by Crippen LogP contribution is 2.24. The summed E-state index contributed by atoms with van der Waals surface area (Å²) in [6.07, 6.45) is 8.19. The Balaban J connectivity index is 0.962. The van der Waals surface area contributed by atoms with Crippen LogP contribution in [-0.4, -0.2) is 62.8 Å². The first kappa shape index (κ1) is 46.7. The maximum absolute atomic E-state index is 12.3. The second-order valence-corrected chi connectivity index (χ2v) is 14.7. The topological polar surface area (TPSA) is 137 Å². The minimum Gasteiger partial charge on any atom is -0.494 e. The van der Waals surface area contributed by atoms with Crippen molar-refractivity contribution in [3.63, 3.8) is 0 Å². The standard InChI is InChI=1S/C50H58N2O8/c1-37(55-31-9-5-7-11-33-57-47-25-21-45(22-26-47)43-17-13-41(35-51)14-18-43)39(3)59-49(53)29-30-50(54)60-40(4)38(2)56-32-10-6-8-12-34-58-48-27-23-46(24-28-48)44-19-15-42(36-52)16-20-44/h13-30,37-40H,5-12,31-34H2,1-4H3/b30-29+. The van der Waals surface area contributed by atoms with Gasteiger partial charge in [0.05, 0.1) is 48.7 Å². The van der Waals surface area contributed by atoms with E-state index < -0.39 is 24.1 Å². The van der Waals surface area contributed by atoms with Crippen molar-refractivity contribution in [2.45, 2.75) is 103 Å². The minimum atomic E-state index is -0.640. The van der Waals surface area contributed by atoms with Crippen LogP contribution < -0.4 is 9.47 Å². The molecular weight excluding hydrogens is 757 g/mol. The van der Waals surface area contributed by atoms with Gasteiger partial charge in [-0.15, -0.1) is 0 Å². The molecule has 0 aliphatic carbocycles. The predicted octanol–water partition coefficient (Wildman–Crippen LogP) is 10.6. The van der Waals surface area contributed by atoms with Gasteiger partial charge in [0.15, 0.2) is 0 Å². The average molecular weight is 815 g/mol. The van der Waals surface area contributed by atoms with Gasteiger partial charge >= 0.3 is 11.9 Å². The molecule has 0 aromatic heterocycles. The number of hydrogen-bond acceptors (Lipinski definition) is 10. The SMILES string of the molecule is CC(OCCCCCCOc1ccc(-c2ccc(C#N)cc2)cc1)C(C)OC(=O)/C=C/C(=O)OC(C)C(C)OCCCCCCOc1ccc(-c2ccc(C#N)cc2)cc1. The Morgan fingerprint density at radius 2 is 0.750 bits per heavy atom. The van der Waals surface area contributed by atoms with Crippen molar-refractivity contribution >= 4 is 11.9 Å². The molecule has 0 aliphatic heterocycles. The predicted molar refractivity (Wildman–Crippen MR) is 232 cm³/mol. The Hall–Kier alpha value is -5.94. The quantitative estimate of drug-likeness (QED) is 0.0342. The molecule has 4 rings (SSSR count). The molecule has 316 valence electrons. The van der Waals surface area contributed by atoms with Crippen LogP contribution in [0.15, 0.2) is 109 Å². The molecule has 4 aromatic rings. The third kappa shape index (κ3) is 17.1. The first-order valence-electron chi connectivity index (χ1n) is 20.9. The fourth-order valence-corrected chi connectivity index (χ4v) is 6.04. The summed E-state index contributed by atoms with van der Waals surface area (Å²) >= 11 is 0. The van der Waals surface area contributed by atoms with Crippen molar-refractivity contribution < 1.29 is 38.0 Å². The molecule has 10 heteroatoms. The summed E-state index contributed by atoms with van der Waals surface area (Å²) in [5.74, 6) is 0.374. The third-order valence-corrected chi connectivity index (χ3v) is 10.1. The van der Waals surface area contributed by atoms with Crippen molar-refractivity contribution in [3.8, 4) is 45.9 Å². The summed E-state index contributed by atoms with van der Waals surface area (Å²) in [5.41, 5.74) is 5.54. The lowest BCUT2D eigenvalue weighted by molar-refractivity contribution is -0.152. The van der Waals surface area contributed by atoms with E-state index in [9.17, 15) is 9.59 Å². The van der Waals surface area contributed by atoms with Crippen LogP contribution in [0.4, 0.5) is 0 Å². The van der Waals surface area contributed by atoms with Crippen LogP contribution >= 0.6 is 0 Å². The largest absolute Gasteiger partial charge is 0.494 e. The highest BCUT2D eigenvalue weighted by atomic mass is 16.6. The zero-order chi connectivity index (χ0) is 43.0. The summed E-state index contributed by atoms with van der Waals surface area (Å²) in [4.78, 5) is 24.7. The van der Waals surface area contributed by atoms with Gasteiger partial charge in [-0.1, -0.05) is 61.4 Å². The number of nitriles is 2. The van der Waals surface area contributed by atoms with Gasteiger partial charge in [-0.3, -0.25) is 0 Å². The van der Waals surface area contributed by atoms with Crippen LogP contribution in [0.5, 0.6) is 11.5 Å². The molecule has 0 amide bonds. The fraction of sp³-hybridized carbons (Fsp3) is 0.400. The Kier molecular flexibility index (Phi) is 20.4. The van der Waals surface area contributed by atoms with Gasteiger partial charge < -0.3 is 28.4 Å². The van der Waals surface area contributed by atoms with Crippen molar-refractivity contribution in [1.29, 1.82) is 10.5 Å². The molecule has 60 heavy (non-hydrogen) atoms. The van der Waals surface area contributed by atoms with Crippen LogP contribution in [0.1, 0.15) is 90.2 Å². The Bertz CT molecular complexity index is 1840. The first-order valence-corrected chi connectivity index (χ1v) is 20.9. The van der Waals surface area contributed by atoms with Crippen molar-refractivity contribution in [3.05, 3.63) is 120 Å². The smallest absolute Gasteiger partial charge is 0.331 e. The van der Waals surface area contributed by atoms with E-state index in [1.54, 1.807) is 13.8 Å². The highest BCUT2D eigenvalue weighted by molar-refractivity contribution is 5.91. The molecule has 0 N–H and O–H groups in total. The Morgan fingerprint density at radius 1 is 0.450 bits per heavy atom. The molecule has 4 atom stereocenters. The van der Waals surface area contributed by atoms with Gasteiger partial charge in [0.25, 0.3) is 0 Å². The van der Waals surface area contributed by atoms with Gasteiger partial charge in [0.1, 0.15) is 23.7 Å². The summed E-state index contributed by atoms with van der Waals surface area (Å²) in [7, 11) is 0. The van der Waals surface area contributed by atoms with Crippen LogP contribution in [0.25, 0.3) is 22.3 Å². The molecule has 4 aromatic carbocycles. The number of rotatable bonds is 26. The number of carbonyl (C=O) groups is 2. The lowest BCUT2D eigenvalue weighted by Gasteiger charge is -2.21. The van der Waals surface area contributed by atoms with E-state index in [0.29, 0.717) is 37.6 Å². The zero-order valence-corrected chi connectivity index (χ0v) is 35.3. The highest BCUT2D eigenvalue weighted by Gasteiger charge is 2.18. The average Bonchev–Trinajstić information content (AvgIpc) is 3.27. The van der Waals surface area contributed by atoms with Crippen LogP contribution in [0.2, 0.25) is 0 Å². The van der Waals surface area contributed by atoms with Gasteiger partial charge in [0.2, 0.25) is 0 Å². The van der Waals surface area contributed by atoms with E-state index in [-0.39, 0.29) is 12.2 Å². The lowest BCUT2D eigenvalue weighted by Crippen LogP contribution is -2.29. The molecule has 0 saturated carbocycles. The molecular formula is C50H58N2O8. The maximum atomic E-state index is 12.3. The third-order valence-electron chi connectivity index (χ3n) is 10.1. The first-order chi connectivity index (χ1) is 29.1. The summed E-state index contributed by atoms with van der Waals surface area (Å²) in [5, 5.41) is 18.0. The van der Waals surface area contributed by atoms with Gasteiger partial charge in [-0.05, 0) is 137 Å². The summed E-state index contributed by atoms with van der Waals surface area (Å²) in [6, 6.07) is 35.2. The second-order valence-electron chi connectivity index (χ2n) is 14.7. The Labute approximate surface area is 355 Å². The fourth-order valence-electron chi connectivity index (χ4n) is 6.04. The number of esters is 2. The molecule has 10 nitrogen and oxygen atoms in total. The molecule has 0 fully saturated rings. The minimum absolute atomic E-state index is 0.304. The molecule has 4 unspecified atom stereocenters. The molecule has 0 heterocycles. The lowest BCUT2D eigenvalue weighted by atomic mass is 10.0. The number of ether oxygens (including phenoxy) is 6. The summed E-state index contributed by atoms with van der Waals surface area (Å²) < 4.78 is 34.4. The van der Waals surface area contributed by atoms with E-state index in [1.165, 1.54) is 0 Å². The molecule has 0 bridgehead atoms. The van der Waals surface area contributed by atoms with Crippen molar-refractivity contribution in [2.24, 2.45) is 0 Å². The van der Waals surface area contributed by atoms with E-state index in [1.807, 2.05) is 111 Å². The number of nitrogens with zero attached hydrogens (tertiary/aromatic N) is 2. The van der Waals surface area contributed by atoms with Gasteiger partial charge in [-0.25, -0.2) is 9.59 Å². The van der Waals surface area contributed by atoms with Crippen LogP contribution in [0.3, 0.4) is 0 Å². The van der Waals surface area contributed by atoms with E-state index >= 15 is 0 Å². The number of unbranched alkanes of at least 4 members (excludes halogenated alkanes) is 6. The van der Waals surface area contributed by atoms with Crippen LogP contribution in [-0.2, 0) is 28.5 Å². The second kappa shape index (κ2) is 26.2. The number of hydrogen-bond donors (Lipinski definition) is 0. The van der Waals surface area contributed by atoms with Gasteiger partial charge in [0, 0.05) is 25.4 Å². The summed E-state index contributed by atoms with van der Waals surface area (Å²) in [6.45, 7) is 9.61. The van der Waals surface area contributed by atoms with Gasteiger partial charge in [-0.2, -0.15) is 10.5 Å². The number of carbonyl (C=O) groups excluding carboxylic acids is 2. The van der Waals surface area contributed by atoms with Crippen molar-refractivity contribution in [1.82, 2.24) is 0 Å². The molecule has 0 spiro atoms. The van der Waals surface area contributed by atoms with E-state index in [2.05, 4.69) is 12.1 Å². The normalized spacial score (nSPS) is 13.0. The van der Waals surface area contributed by atoms with Crippen molar-refractivity contribution in [2.75, 3.05) is 26.4 Å². The van der Waals surface area contributed by atoms with E-state index in [4.69, 9.17) is 38.9 Å². The maximum Gasteiger partial charge on any atom is 0.331 e.